The summed E-state index contributed by atoms with van der Waals surface area (Å²) in [5.74, 6) is -11.4. The number of benzene rings is 1. The molecule has 0 spiro atoms. The van der Waals surface area contributed by atoms with Gasteiger partial charge in [-0.2, -0.15) is 0 Å². The summed E-state index contributed by atoms with van der Waals surface area (Å²) >= 11 is 0. The number of halogens is 5. The maximum atomic E-state index is 13.3. The maximum absolute atomic E-state index is 13.3. The van der Waals surface area contributed by atoms with Gasteiger partial charge in [0.2, 0.25) is 11.7 Å². The Morgan fingerprint density at radius 3 is 1.85 bits per heavy atom. The molecule has 0 saturated carbocycles. The first-order valence-corrected chi connectivity index (χ1v) is 5.80. The molecule has 3 nitrogen and oxygen atoms in total. The second kappa shape index (κ2) is 6.65. The van der Waals surface area contributed by atoms with Gasteiger partial charge in [0.25, 0.3) is 0 Å². The van der Waals surface area contributed by atoms with Crippen LogP contribution in [0.25, 0.3) is 0 Å². The van der Waals surface area contributed by atoms with Crippen LogP contribution in [-0.2, 0) is 4.79 Å². The van der Waals surface area contributed by atoms with E-state index in [0.29, 0.717) is 0 Å². The third-order valence-corrected chi connectivity index (χ3v) is 2.38. The van der Waals surface area contributed by atoms with Gasteiger partial charge < -0.3 is 10.6 Å². The quantitative estimate of drug-likeness (QED) is 0.498. The number of carbonyl (C=O) groups excluding carboxylic acids is 1. The highest BCUT2D eigenvalue weighted by atomic mass is 19.2. The zero-order valence-electron chi connectivity index (χ0n) is 10.8. The van der Waals surface area contributed by atoms with E-state index in [2.05, 4.69) is 5.32 Å². The Bertz CT molecular complexity index is 490. The lowest BCUT2D eigenvalue weighted by atomic mass is 10.2. The molecule has 112 valence electrons. The number of nitrogens with one attached hydrogen (secondary N) is 2. The molecule has 0 aliphatic heterocycles. The molecule has 1 aromatic carbocycles. The van der Waals surface area contributed by atoms with Gasteiger partial charge in [-0.25, -0.2) is 22.0 Å². The molecule has 0 radical (unpaired) electrons. The van der Waals surface area contributed by atoms with E-state index in [1.165, 1.54) is 0 Å². The summed E-state index contributed by atoms with van der Waals surface area (Å²) in [6.45, 7) is 3.85. The Hall–Kier alpha value is -1.70. The van der Waals surface area contributed by atoms with Crippen LogP contribution in [-0.4, -0.2) is 18.5 Å². The Balaban J connectivity index is 2.85. The van der Waals surface area contributed by atoms with E-state index in [-0.39, 0.29) is 19.0 Å². The fourth-order valence-electron chi connectivity index (χ4n) is 1.39. The summed E-state index contributed by atoms with van der Waals surface area (Å²) in [6, 6.07) is 0.0944. The molecular weight excluding hydrogens is 283 g/mol. The Labute approximate surface area is 112 Å². The summed E-state index contributed by atoms with van der Waals surface area (Å²) in [5.41, 5.74) is -1.34. The molecule has 0 aliphatic carbocycles. The first-order valence-electron chi connectivity index (χ1n) is 5.80. The number of anilines is 1. The summed E-state index contributed by atoms with van der Waals surface area (Å²) in [6.07, 6.45) is -0.169. The number of rotatable bonds is 5. The second-order valence-electron chi connectivity index (χ2n) is 4.35. The number of amides is 1. The van der Waals surface area contributed by atoms with Crippen molar-refractivity contribution >= 4 is 11.6 Å². The average Bonchev–Trinajstić information content (AvgIpc) is 2.39. The summed E-state index contributed by atoms with van der Waals surface area (Å²) in [4.78, 5) is 11.4. The van der Waals surface area contributed by atoms with E-state index in [1.54, 1.807) is 5.32 Å². The minimum Gasteiger partial charge on any atom is -0.321 e. The van der Waals surface area contributed by atoms with Gasteiger partial charge in [-0.3, -0.25) is 4.79 Å². The van der Waals surface area contributed by atoms with Crippen molar-refractivity contribution < 1.29 is 26.7 Å². The highest BCUT2D eigenvalue weighted by Gasteiger charge is 2.26. The van der Waals surface area contributed by atoms with E-state index in [9.17, 15) is 26.7 Å². The maximum Gasteiger partial charge on any atom is 0.225 e. The van der Waals surface area contributed by atoms with Crippen LogP contribution in [0.4, 0.5) is 27.6 Å². The van der Waals surface area contributed by atoms with Gasteiger partial charge in [-0.15, -0.1) is 0 Å². The Kier molecular flexibility index (Phi) is 5.43. The zero-order chi connectivity index (χ0) is 15.4. The lowest BCUT2D eigenvalue weighted by Gasteiger charge is -2.11. The molecule has 20 heavy (non-hydrogen) atoms. The van der Waals surface area contributed by atoms with Crippen molar-refractivity contribution in [1.29, 1.82) is 0 Å². The molecule has 0 fully saturated rings. The predicted molar refractivity (Wildman–Crippen MR) is 62.6 cm³/mol. The largest absolute Gasteiger partial charge is 0.321 e. The highest BCUT2D eigenvalue weighted by Crippen LogP contribution is 2.27. The molecule has 1 rings (SSSR count). The number of hydrogen-bond donors (Lipinski definition) is 2. The van der Waals surface area contributed by atoms with Gasteiger partial charge in [-0.05, 0) is 0 Å². The lowest BCUT2D eigenvalue weighted by Crippen LogP contribution is -2.27. The minimum atomic E-state index is -2.26. The molecule has 1 aromatic rings. The van der Waals surface area contributed by atoms with Crippen LogP contribution in [0.3, 0.4) is 0 Å². The standard InChI is InChI=1S/C12H13F5N2O/c1-5(2)18-4-3-6(20)19-12-10(16)8(14)7(13)9(15)11(12)17/h5,18H,3-4H2,1-2H3,(H,19,20). The average molecular weight is 296 g/mol. The number of hydrogen-bond acceptors (Lipinski definition) is 2. The van der Waals surface area contributed by atoms with Crippen LogP contribution in [0.1, 0.15) is 20.3 Å². The van der Waals surface area contributed by atoms with Crippen LogP contribution in [0.5, 0.6) is 0 Å². The highest BCUT2D eigenvalue weighted by molar-refractivity contribution is 5.91. The molecule has 8 heteroatoms. The summed E-state index contributed by atoms with van der Waals surface area (Å²) < 4.78 is 65.1. The fourth-order valence-corrected chi connectivity index (χ4v) is 1.39. The van der Waals surface area contributed by atoms with E-state index in [1.807, 2.05) is 13.8 Å². The molecule has 2 N–H and O–H groups in total. The molecule has 0 aromatic heterocycles. The molecule has 0 heterocycles. The van der Waals surface area contributed by atoms with Crippen LogP contribution in [0.15, 0.2) is 0 Å². The molecule has 0 saturated heterocycles. The van der Waals surface area contributed by atoms with Crippen molar-refractivity contribution in [3.63, 3.8) is 0 Å². The SMILES string of the molecule is CC(C)NCCC(=O)Nc1c(F)c(F)c(F)c(F)c1F. The first-order chi connectivity index (χ1) is 9.25. The van der Waals surface area contributed by atoms with Crippen LogP contribution in [0, 0.1) is 29.1 Å². The van der Waals surface area contributed by atoms with E-state index in [0.717, 1.165) is 0 Å². The van der Waals surface area contributed by atoms with Crippen molar-refractivity contribution in [3.05, 3.63) is 29.1 Å². The first kappa shape index (κ1) is 16.4. The Morgan fingerprint density at radius 1 is 0.950 bits per heavy atom. The topological polar surface area (TPSA) is 41.1 Å². The third-order valence-electron chi connectivity index (χ3n) is 2.38. The second-order valence-corrected chi connectivity index (χ2v) is 4.35. The zero-order valence-corrected chi connectivity index (χ0v) is 10.8. The molecular formula is C12H13F5N2O. The van der Waals surface area contributed by atoms with Crippen molar-refractivity contribution in [2.24, 2.45) is 0 Å². The number of carbonyl (C=O) groups is 1. The van der Waals surface area contributed by atoms with E-state index in [4.69, 9.17) is 0 Å². The normalized spacial score (nSPS) is 11.0. The Morgan fingerprint density at radius 2 is 1.40 bits per heavy atom. The monoisotopic (exact) mass is 296 g/mol. The molecule has 0 bridgehead atoms. The van der Waals surface area contributed by atoms with Crippen molar-refractivity contribution in [2.45, 2.75) is 26.3 Å². The van der Waals surface area contributed by atoms with E-state index < -0.39 is 40.7 Å². The van der Waals surface area contributed by atoms with Crippen LogP contribution < -0.4 is 10.6 Å². The fraction of sp³-hybridized carbons (Fsp3) is 0.417. The van der Waals surface area contributed by atoms with Gasteiger partial charge in [0, 0.05) is 19.0 Å². The smallest absolute Gasteiger partial charge is 0.225 e. The molecule has 1 amide bonds. The summed E-state index contributed by atoms with van der Waals surface area (Å²) in [5, 5.41) is 4.55. The van der Waals surface area contributed by atoms with Gasteiger partial charge in [-0.1, -0.05) is 13.8 Å². The van der Waals surface area contributed by atoms with Gasteiger partial charge in [0.05, 0.1) is 0 Å². The van der Waals surface area contributed by atoms with Crippen LogP contribution in [0.2, 0.25) is 0 Å². The van der Waals surface area contributed by atoms with Crippen molar-refractivity contribution in [1.82, 2.24) is 5.32 Å². The van der Waals surface area contributed by atoms with Gasteiger partial charge in [0.1, 0.15) is 5.69 Å². The molecule has 0 unspecified atom stereocenters. The minimum absolute atomic E-state index is 0.0944. The van der Waals surface area contributed by atoms with Crippen LogP contribution >= 0.6 is 0 Å². The van der Waals surface area contributed by atoms with Crippen molar-refractivity contribution in [2.75, 3.05) is 11.9 Å². The summed E-state index contributed by atoms with van der Waals surface area (Å²) in [7, 11) is 0. The predicted octanol–water partition coefficient (Wildman–Crippen LogP) is 2.71. The van der Waals surface area contributed by atoms with Gasteiger partial charge >= 0.3 is 0 Å². The van der Waals surface area contributed by atoms with E-state index >= 15 is 0 Å². The molecule has 0 aliphatic rings. The lowest BCUT2D eigenvalue weighted by molar-refractivity contribution is -0.116. The third kappa shape index (κ3) is 3.66. The van der Waals surface area contributed by atoms with Gasteiger partial charge in [0.15, 0.2) is 23.3 Å². The molecule has 0 atom stereocenters. The van der Waals surface area contributed by atoms with Crippen molar-refractivity contribution in [3.8, 4) is 0 Å².